The van der Waals surface area contributed by atoms with Crippen molar-refractivity contribution in [2.24, 2.45) is 0 Å². The fraction of sp³-hybridized carbons (Fsp3) is 0.250. The third kappa shape index (κ3) is 2.20. The van der Waals surface area contributed by atoms with Gasteiger partial charge in [-0.15, -0.1) is 0 Å². The third-order valence-corrected chi connectivity index (χ3v) is 1.47. The Morgan fingerprint density at radius 3 is 2.67 bits per heavy atom. The number of benzene rings is 1. The maximum absolute atomic E-state index is 8.52. The summed E-state index contributed by atoms with van der Waals surface area (Å²) in [4.78, 5) is 0. The van der Waals surface area contributed by atoms with Gasteiger partial charge in [-0.1, -0.05) is 0 Å². The van der Waals surface area contributed by atoms with E-state index < -0.39 is 0 Å². The lowest BCUT2D eigenvalue weighted by molar-refractivity contribution is -0.266. The van der Waals surface area contributed by atoms with E-state index >= 15 is 0 Å². The van der Waals surface area contributed by atoms with Crippen molar-refractivity contribution in [3.63, 3.8) is 0 Å². The zero-order valence-corrected chi connectivity index (χ0v) is 6.92. The Bertz CT molecular complexity index is 263. The molecule has 4 nitrogen and oxygen atoms in total. The van der Waals surface area contributed by atoms with Crippen LogP contribution in [-0.2, 0) is 0 Å². The third-order valence-electron chi connectivity index (χ3n) is 1.47. The van der Waals surface area contributed by atoms with Gasteiger partial charge in [0.25, 0.3) is 0 Å². The molecule has 7 N–H and O–H groups in total. The molecule has 0 unspecified atom stereocenters. The Hall–Kier alpha value is -1.10. The number of rotatable bonds is 3. The van der Waals surface area contributed by atoms with Gasteiger partial charge in [0.1, 0.15) is 12.3 Å². The molecule has 0 saturated heterocycles. The number of hydrogen-bond donors (Lipinski definition) is 3. The van der Waals surface area contributed by atoms with Crippen LogP contribution in [0.1, 0.15) is 0 Å². The lowest BCUT2D eigenvalue weighted by atomic mass is 10.2. The lowest BCUT2D eigenvalue weighted by Gasteiger charge is -2.03. The second kappa shape index (κ2) is 4.06. The summed E-state index contributed by atoms with van der Waals surface area (Å²) in [6.07, 6.45) is 0. The molecule has 0 fully saturated rings. The van der Waals surface area contributed by atoms with E-state index in [4.69, 9.17) is 9.84 Å². The van der Waals surface area contributed by atoms with Gasteiger partial charge in [-0.05, 0) is 6.07 Å². The number of aliphatic hydroxyl groups excluding tert-OH is 1. The van der Waals surface area contributed by atoms with E-state index in [1.165, 1.54) is 0 Å². The summed E-state index contributed by atoms with van der Waals surface area (Å²) in [5, 5.41) is 8.52. The van der Waals surface area contributed by atoms with Gasteiger partial charge in [0.05, 0.1) is 12.7 Å². The molecule has 0 amide bonds. The van der Waals surface area contributed by atoms with Crippen LogP contribution in [0.15, 0.2) is 18.2 Å². The van der Waals surface area contributed by atoms with Crippen molar-refractivity contribution in [3.05, 3.63) is 18.2 Å². The predicted octanol–water partition coefficient (Wildman–Crippen LogP) is -1.20. The first-order valence-electron chi connectivity index (χ1n) is 3.75. The minimum Gasteiger partial charge on any atom is -0.485 e. The molecule has 0 aliphatic rings. The Kier molecular flexibility index (Phi) is 3.04. The first-order valence-corrected chi connectivity index (χ1v) is 3.75. The van der Waals surface area contributed by atoms with Crippen LogP contribution < -0.4 is 16.2 Å². The molecule has 1 aromatic rings. The lowest BCUT2D eigenvalue weighted by Crippen LogP contribution is -2.44. The molecule has 0 spiro atoms. The van der Waals surface area contributed by atoms with E-state index in [9.17, 15) is 0 Å². The quantitative estimate of drug-likeness (QED) is 0.532. The fourth-order valence-corrected chi connectivity index (χ4v) is 0.929. The molecule has 66 valence electrons. The number of aliphatic hydroxyl groups is 1. The largest absolute Gasteiger partial charge is 0.485 e. The van der Waals surface area contributed by atoms with Gasteiger partial charge in [-0.25, -0.2) is 0 Å². The van der Waals surface area contributed by atoms with E-state index in [0.29, 0.717) is 12.4 Å². The van der Waals surface area contributed by atoms with E-state index in [1.54, 1.807) is 6.07 Å². The monoisotopic (exact) mass is 170 g/mol. The second-order valence-electron chi connectivity index (χ2n) is 2.51. The smallest absolute Gasteiger partial charge is 0.180 e. The van der Waals surface area contributed by atoms with Crippen LogP contribution in [0.5, 0.6) is 5.75 Å². The van der Waals surface area contributed by atoms with Crippen molar-refractivity contribution in [1.82, 2.24) is 0 Å². The summed E-state index contributed by atoms with van der Waals surface area (Å²) < 4.78 is 5.20. The van der Waals surface area contributed by atoms with Gasteiger partial charge in [-0.2, -0.15) is 0 Å². The standard InChI is InChI=1S/C8H12N2O2/c9-6-1-2-8(7(10)5-6)12-4-3-11/h1-2,5,11H,3-4,9-10H2/p+2. The van der Waals surface area contributed by atoms with Gasteiger partial charge in [-0.3, -0.25) is 0 Å². The van der Waals surface area contributed by atoms with Crippen molar-refractivity contribution in [1.29, 1.82) is 0 Å². The normalized spacial score (nSPS) is 9.92. The second-order valence-corrected chi connectivity index (χ2v) is 2.51. The molecule has 0 aliphatic carbocycles. The zero-order valence-electron chi connectivity index (χ0n) is 6.92. The molecule has 0 saturated carbocycles. The molecule has 0 bridgehead atoms. The summed E-state index contributed by atoms with van der Waals surface area (Å²) >= 11 is 0. The molecule has 0 atom stereocenters. The highest BCUT2D eigenvalue weighted by Gasteiger charge is 2.04. The van der Waals surface area contributed by atoms with Crippen molar-refractivity contribution in [2.75, 3.05) is 13.2 Å². The first-order chi connectivity index (χ1) is 5.74. The van der Waals surface area contributed by atoms with Crippen molar-refractivity contribution in [2.45, 2.75) is 0 Å². The number of ether oxygens (including phenoxy) is 1. The summed E-state index contributed by atoms with van der Waals surface area (Å²) in [7, 11) is 0. The van der Waals surface area contributed by atoms with Crippen molar-refractivity contribution >= 4 is 11.4 Å². The minimum atomic E-state index is 0.0194. The molecule has 0 aromatic heterocycles. The molecule has 12 heavy (non-hydrogen) atoms. The highest BCUT2D eigenvalue weighted by atomic mass is 16.5. The Morgan fingerprint density at radius 1 is 1.33 bits per heavy atom. The van der Waals surface area contributed by atoms with E-state index in [-0.39, 0.29) is 6.61 Å². The van der Waals surface area contributed by atoms with Crippen LogP contribution >= 0.6 is 0 Å². The fourth-order valence-electron chi connectivity index (χ4n) is 0.929. The van der Waals surface area contributed by atoms with Gasteiger partial charge < -0.3 is 21.3 Å². The minimum absolute atomic E-state index is 0.0194. The topological polar surface area (TPSA) is 84.7 Å². The summed E-state index contributed by atoms with van der Waals surface area (Å²) in [6.45, 7) is 0.324. The van der Waals surface area contributed by atoms with E-state index in [0.717, 1.165) is 11.4 Å². The maximum Gasteiger partial charge on any atom is 0.180 e. The Labute approximate surface area is 70.7 Å². The SMILES string of the molecule is [NH3+]c1ccc(OCCO)c([NH3+])c1. The highest BCUT2D eigenvalue weighted by Crippen LogP contribution is 2.20. The maximum atomic E-state index is 8.52. The summed E-state index contributed by atoms with van der Waals surface area (Å²) in [5.41, 5.74) is 9.26. The number of quaternary nitrogens is 2. The average Bonchev–Trinajstić information content (AvgIpc) is 2.03. The van der Waals surface area contributed by atoms with Crippen LogP contribution in [0.3, 0.4) is 0 Å². The molecule has 1 rings (SSSR count). The highest BCUT2D eigenvalue weighted by molar-refractivity contribution is 5.51. The van der Waals surface area contributed by atoms with Gasteiger partial charge in [0, 0.05) is 6.07 Å². The van der Waals surface area contributed by atoms with Gasteiger partial charge in [0.15, 0.2) is 11.4 Å². The van der Waals surface area contributed by atoms with Gasteiger partial charge in [0.2, 0.25) is 0 Å². The van der Waals surface area contributed by atoms with Gasteiger partial charge >= 0.3 is 0 Å². The molecule has 0 aliphatic heterocycles. The average molecular weight is 170 g/mol. The van der Waals surface area contributed by atoms with Crippen LogP contribution in [0, 0.1) is 0 Å². The van der Waals surface area contributed by atoms with Crippen LogP contribution in [0.4, 0.5) is 11.4 Å². The van der Waals surface area contributed by atoms with Crippen molar-refractivity contribution < 1.29 is 21.3 Å². The molecule has 4 heteroatoms. The molecule has 1 aromatic carbocycles. The summed E-state index contributed by atoms with van der Waals surface area (Å²) in [5.74, 6) is 0.705. The zero-order chi connectivity index (χ0) is 8.97. The molecular formula is C8H14N2O2+2. The predicted molar refractivity (Wildman–Crippen MR) is 44.1 cm³/mol. The van der Waals surface area contributed by atoms with Crippen LogP contribution in [0.25, 0.3) is 0 Å². The van der Waals surface area contributed by atoms with Crippen LogP contribution in [0.2, 0.25) is 0 Å². The molecular weight excluding hydrogens is 156 g/mol. The van der Waals surface area contributed by atoms with E-state index in [2.05, 4.69) is 11.5 Å². The summed E-state index contributed by atoms with van der Waals surface area (Å²) in [6, 6.07) is 5.49. The Balaban J connectivity index is 2.72. The first kappa shape index (κ1) is 8.99. The van der Waals surface area contributed by atoms with Crippen molar-refractivity contribution in [3.8, 4) is 5.75 Å². The molecule has 0 radical (unpaired) electrons. The Morgan fingerprint density at radius 2 is 2.08 bits per heavy atom. The number of hydrogen-bond acceptors (Lipinski definition) is 2. The van der Waals surface area contributed by atoms with E-state index in [1.807, 2.05) is 12.1 Å². The van der Waals surface area contributed by atoms with Crippen LogP contribution in [-0.4, -0.2) is 18.3 Å². The molecule has 0 heterocycles.